The van der Waals surface area contributed by atoms with Crippen LogP contribution in [0.4, 0.5) is 0 Å². The molecule has 0 bridgehead atoms. The highest BCUT2D eigenvalue weighted by atomic mass is 32.1. The second-order valence-electron chi connectivity index (χ2n) is 1.84. The molecular formula is C6H12NO3PS. The highest BCUT2D eigenvalue weighted by Gasteiger charge is 2.22. The Kier molecular flexibility index (Phi) is 6.44. The summed E-state index contributed by atoms with van der Waals surface area (Å²) in [7, 11) is -3.03. The van der Waals surface area contributed by atoms with E-state index in [9.17, 15) is 4.57 Å². The third-order valence-corrected chi connectivity index (χ3v) is 2.88. The smallest absolute Gasteiger partial charge is 0.308 e. The molecule has 0 aromatic rings. The summed E-state index contributed by atoms with van der Waals surface area (Å²) >= 11 is 4.34. The van der Waals surface area contributed by atoms with Crippen LogP contribution in [0.25, 0.3) is 0 Å². The molecule has 0 fully saturated rings. The third-order valence-electron chi connectivity index (χ3n) is 0.960. The number of rotatable bonds is 6. The van der Waals surface area contributed by atoms with Crippen molar-refractivity contribution in [1.82, 2.24) is 0 Å². The average Bonchev–Trinajstić information content (AvgIpc) is 2.02. The molecule has 70 valence electrons. The first-order valence-corrected chi connectivity index (χ1v) is 5.74. The Balaban J connectivity index is 4.17. The first kappa shape index (κ1) is 11.9. The van der Waals surface area contributed by atoms with Crippen molar-refractivity contribution in [2.45, 2.75) is 13.8 Å². The molecule has 0 aliphatic rings. The van der Waals surface area contributed by atoms with E-state index in [2.05, 4.69) is 22.4 Å². The van der Waals surface area contributed by atoms with E-state index in [0.29, 0.717) is 13.2 Å². The first-order valence-electron chi connectivity index (χ1n) is 3.60. The van der Waals surface area contributed by atoms with E-state index in [1.54, 1.807) is 13.8 Å². The number of aliphatic imine (C=N–C) groups is 1. The van der Waals surface area contributed by atoms with Crippen molar-refractivity contribution < 1.29 is 13.6 Å². The van der Waals surface area contributed by atoms with Gasteiger partial charge in [0.15, 0.2) is 6.29 Å². The zero-order valence-electron chi connectivity index (χ0n) is 7.15. The summed E-state index contributed by atoms with van der Waals surface area (Å²) in [6.45, 7) is 4.16. The van der Waals surface area contributed by atoms with Crippen molar-refractivity contribution in [3.05, 3.63) is 0 Å². The Morgan fingerprint density at radius 2 is 1.92 bits per heavy atom. The number of isothiocyanates is 1. The summed E-state index contributed by atoms with van der Waals surface area (Å²) in [5, 5.41) is 2.12. The van der Waals surface area contributed by atoms with Gasteiger partial charge in [0.25, 0.3) is 0 Å². The van der Waals surface area contributed by atoms with Gasteiger partial charge in [-0.25, -0.2) is 4.99 Å². The van der Waals surface area contributed by atoms with Crippen LogP contribution in [0.1, 0.15) is 13.8 Å². The number of nitrogens with zero attached hydrogens (tertiary/aromatic N) is 1. The topological polar surface area (TPSA) is 47.9 Å². The molecule has 0 aliphatic carbocycles. The van der Waals surface area contributed by atoms with Gasteiger partial charge in [0.05, 0.1) is 18.4 Å². The standard InChI is InChI=1S/C6H12NO3PS/c1-3-9-11(8,10-4-2)5-7-6-12/h3-5H2,1-2H3. The Bertz CT molecular complexity index is 205. The zero-order valence-corrected chi connectivity index (χ0v) is 8.86. The quantitative estimate of drug-likeness (QED) is 0.382. The summed E-state index contributed by atoms with van der Waals surface area (Å²) in [5.41, 5.74) is 0. The van der Waals surface area contributed by atoms with Crippen LogP contribution >= 0.6 is 19.8 Å². The molecule has 0 saturated carbocycles. The summed E-state index contributed by atoms with van der Waals surface area (Å²) in [5.74, 6) is 0. The molecule has 0 aromatic carbocycles. The molecule has 6 heteroatoms. The molecule has 0 atom stereocenters. The van der Waals surface area contributed by atoms with Gasteiger partial charge in [0, 0.05) is 0 Å². The fraction of sp³-hybridized carbons (Fsp3) is 0.833. The lowest BCUT2D eigenvalue weighted by Crippen LogP contribution is -1.98. The number of thiocarbonyl (C=S) groups is 1. The monoisotopic (exact) mass is 209 g/mol. The second kappa shape index (κ2) is 6.46. The van der Waals surface area contributed by atoms with Gasteiger partial charge in [-0.1, -0.05) is 0 Å². The van der Waals surface area contributed by atoms with Crippen LogP contribution in [0.2, 0.25) is 0 Å². The van der Waals surface area contributed by atoms with Crippen molar-refractivity contribution in [2.24, 2.45) is 4.99 Å². The lowest BCUT2D eigenvalue weighted by molar-refractivity contribution is 0.221. The van der Waals surface area contributed by atoms with Crippen molar-refractivity contribution in [3.63, 3.8) is 0 Å². The maximum atomic E-state index is 11.5. The lowest BCUT2D eigenvalue weighted by atomic mass is 10.9. The lowest BCUT2D eigenvalue weighted by Gasteiger charge is -2.13. The van der Waals surface area contributed by atoms with Crippen LogP contribution in [0.5, 0.6) is 0 Å². The van der Waals surface area contributed by atoms with Crippen molar-refractivity contribution in [2.75, 3.05) is 19.5 Å². The van der Waals surface area contributed by atoms with Gasteiger partial charge < -0.3 is 9.05 Å². The van der Waals surface area contributed by atoms with Gasteiger partial charge in [-0.05, 0) is 26.1 Å². The van der Waals surface area contributed by atoms with Gasteiger partial charge in [0.2, 0.25) is 0 Å². The van der Waals surface area contributed by atoms with E-state index in [4.69, 9.17) is 9.05 Å². The molecule has 0 heterocycles. The number of hydrogen-bond acceptors (Lipinski definition) is 5. The van der Waals surface area contributed by atoms with E-state index in [0.717, 1.165) is 0 Å². The van der Waals surface area contributed by atoms with E-state index in [1.807, 2.05) is 0 Å². The highest BCUT2D eigenvalue weighted by molar-refractivity contribution is 7.78. The van der Waals surface area contributed by atoms with Crippen molar-refractivity contribution in [1.29, 1.82) is 0 Å². The number of hydrogen-bond donors (Lipinski definition) is 0. The summed E-state index contributed by atoms with van der Waals surface area (Å²) < 4.78 is 21.4. The van der Waals surface area contributed by atoms with Gasteiger partial charge in [0.1, 0.15) is 0 Å². The fourth-order valence-corrected chi connectivity index (χ4v) is 2.06. The van der Waals surface area contributed by atoms with Crippen LogP contribution in [0.15, 0.2) is 4.99 Å². The Hall–Kier alpha value is -0.0500. The van der Waals surface area contributed by atoms with Gasteiger partial charge >= 0.3 is 7.60 Å². The van der Waals surface area contributed by atoms with E-state index >= 15 is 0 Å². The van der Waals surface area contributed by atoms with Crippen molar-refractivity contribution >= 4 is 25.0 Å². The van der Waals surface area contributed by atoms with Crippen LogP contribution in [-0.4, -0.2) is 24.7 Å². The first-order chi connectivity index (χ1) is 5.68. The van der Waals surface area contributed by atoms with Gasteiger partial charge in [-0.15, -0.1) is 0 Å². The molecule has 0 unspecified atom stereocenters. The van der Waals surface area contributed by atoms with Crippen LogP contribution in [0.3, 0.4) is 0 Å². The molecule has 0 rings (SSSR count). The predicted octanol–water partition coefficient (Wildman–Crippen LogP) is 2.31. The minimum absolute atomic E-state index is 0.0435. The summed E-state index contributed by atoms with van der Waals surface area (Å²) in [6.07, 6.45) is -0.0435. The zero-order chi connectivity index (χ0) is 9.45. The second-order valence-corrected chi connectivity index (χ2v) is 4.04. The van der Waals surface area contributed by atoms with Crippen LogP contribution < -0.4 is 0 Å². The average molecular weight is 209 g/mol. The van der Waals surface area contributed by atoms with Crippen LogP contribution in [-0.2, 0) is 13.6 Å². The maximum Gasteiger partial charge on any atom is 0.352 e. The Morgan fingerprint density at radius 1 is 1.42 bits per heavy atom. The molecule has 0 amide bonds. The highest BCUT2D eigenvalue weighted by Crippen LogP contribution is 2.47. The molecule has 0 aliphatic heterocycles. The molecule has 0 N–H and O–H groups in total. The minimum atomic E-state index is -3.03. The van der Waals surface area contributed by atoms with Crippen LogP contribution in [0, 0.1) is 0 Å². The SMILES string of the molecule is CCOP(=O)(CN=C=S)OCC. The molecular weight excluding hydrogens is 197 g/mol. The largest absolute Gasteiger partial charge is 0.352 e. The molecule has 0 saturated heterocycles. The van der Waals surface area contributed by atoms with E-state index < -0.39 is 7.60 Å². The Morgan fingerprint density at radius 3 is 2.25 bits per heavy atom. The fourth-order valence-electron chi connectivity index (χ4n) is 0.628. The normalized spacial score (nSPS) is 10.8. The molecule has 12 heavy (non-hydrogen) atoms. The molecule has 4 nitrogen and oxygen atoms in total. The van der Waals surface area contributed by atoms with E-state index in [1.165, 1.54) is 0 Å². The maximum absolute atomic E-state index is 11.5. The predicted molar refractivity (Wildman–Crippen MR) is 50.8 cm³/mol. The molecule has 0 spiro atoms. The summed E-state index contributed by atoms with van der Waals surface area (Å²) in [4.78, 5) is 3.53. The third kappa shape index (κ3) is 4.75. The van der Waals surface area contributed by atoms with Gasteiger partial charge in [-0.3, -0.25) is 4.57 Å². The Labute approximate surface area is 77.5 Å². The summed E-state index contributed by atoms with van der Waals surface area (Å²) in [6, 6.07) is 0. The molecule has 0 aromatic heterocycles. The van der Waals surface area contributed by atoms with E-state index in [-0.39, 0.29) is 6.29 Å². The minimum Gasteiger partial charge on any atom is -0.308 e. The molecule has 0 radical (unpaired) electrons. The van der Waals surface area contributed by atoms with Gasteiger partial charge in [-0.2, -0.15) is 0 Å². The van der Waals surface area contributed by atoms with Crippen molar-refractivity contribution in [3.8, 4) is 0 Å².